The summed E-state index contributed by atoms with van der Waals surface area (Å²) in [7, 11) is 0. The van der Waals surface area contributed by atoms with Crippen LogP contribution in [0.3, 0.4) is 0 Å². The SMILES string of the molecule is CCC(CC)=C(N=C(C)c1ccccc1)c1ccccc1. The fraction of sp³-hybridized carbons (Fsp3) is 0.250. The molecule has 108 valence electrons. The van der Waals surface area contributed by atoms with Gasteiger partial charge in [0.2, 0.25) is 0 Å². The van der Waals surface area contributed by atoms with E-state index in [-0.39, 0.29) is 0 Å². The van der Waals surface area contributed by atoms with Crippen molar-refractivity contribution in [3.05, 3.63) is 77.4 Å². The van der Waals surface area contributed by atoms with E-state index < -0.39 is 0 Å². The van der Waals surface area contributed by atoms with Gasteiger partial charge in [0.05, 0.1) is 5.70 Å². The second kappa shape index (κ2) is 7.58. The minimum atomic E-state index is 1.03. The lowest BCUT2D eigenvalue weighted by atomic mass is 10.0. The fourth-order valence-electron chi connectivity index (χ4n) is 2.44. The van der Waals surface area contributed by atoms with E-state index in [4.69, 9.17) is 4.99 Å². The third kappa shape index (κ3) is 3.91. The maximum Gasteiger partial charge on any atom is 0.0697 e. The highest BCUT2D eigenvalue weighted by molar-refractivity contribution is 6.01. The zero-order valence-corrected chi connectivity index (χ0v) is 13.1. The lowest BCUT2D eigenvalue weighted by Crippen LogP contribution is -1.97. The monoisotopic (exact) mass is 277 g/mol. The smallest absolute Gasteiger partial charge is 0.0697 e. The highest BCUT2D eigenvalue weighted by Gasteiger charge is 2.07. The lowest BCUT2D eigenvalue weighted by Gasteiger charge is -2.11. The predicted molar refractivity (Wildman–Crippen MR) is 92.6 cm³/mol. The first-order chi connectivity index (χ1) is 10.3. The Morgan fingerprint density at radius 2 is 1.24 bits per heavy atom. The van der Waals surface area contributed by atoms with Gasteiger partial charge in [-0.2, -0.15) is 0 Å². The molecule has 0 heterocycles. The van der Waals surface area contributed by atoms with Crippen LogP contribution < -0.4 is 0 Å². The lowest BCUT2D eigenvalue weighted by molar-refractivity contribution is 0.976. The van der Waals surface area contributed by atoms with Gasteiger partial charge >= 0.3 is 0 Å². The van der Waals surface area contributed by atoms with Crippen molar-refractivity contribution in [1.29, 1.82) is 0 Å². The summed E-state index contributed by atoms with van der Waals surface area (Å²) in [6.45, 7) is 6.49. The number of rotatable bonds is 5. The molecule has 0 saturated heterocycles. The molecule has 0 aromatic heterocycles. The van der Waals surface area contributed by atoms with E-state index in [0.29, 0.717) is 0 Å². The summed E-state index contributed by atoms with van der Waals surface area (Å²) in [6.07, 6.45) is 2.07. The maximum absolute atomic E-state index is 4.96. The van der Waals surface area contributed by atoms with Crippen molar-refractivity contribution >= 4 is 11.4 Å². The van der Waals surface area contributed by atoms with Crippen LogP contribution in [0.4, 0.5) is 0 Å². The Morgan fingerprint density at radius 3 is 1.71 bits per heavy atom. The Labute approximate surface area is 128 Å². The quantitative estimate of drug-likeness (QED) is 0.619. The molecule has 0 spiro atoms. The number of benzene rings is 2. The molecule has 21 heavy (non-hydrogen) atoms. The van der Waals surface area contributed by atoms with Gasteiger partial charge in [-0.3, -0.25) is 4.99 Å². The maximum atomic E-state index is 4.96. The summed E-state index contributed by atoms with van der Waals surface area (Å²) in [6, 6.07) is 20.8. The van der Waals surface area contributed by atoms with Crippen molar-refractivity contribution in [2.75, 3.05) is 0 Å². The van der Waals surface area contributed by atoms with Crippen LogP contribution in [0.15, 0.2) is 71.2 Å². The molecular weight excluding hydrogens is 254 g/mol. The van der Waals surface area contributed by atoms with Crippen molar-refractivity contribution in [1.82, 2.24) is 0 Å². The van der Waals surface area contributed by atoms with Crippen molar-refractivity contribution in [3.8, 4) is 0 Å². The molecule has 0 saturated carbocycles. The van der Waals surface area contributed by atoms with E-state index in [2.05, 4.69) is 69.3 Å². The van der Waals surface area contributed by atoms with Crippen LogP contribution in [-0.2, 0) is 0 Å². The molecule has 0 aliphatic heterocycles. The minimum absolute atomic E-state index is 1.03. The van der Waals surface area contributed by atoms with E-state index in [1.807, 2.05) is 12.1 Å². The summed E-state index contributed by atoms with van der Waals surface area (Å²) in [5.41, 5.74) is 5.97. The molecule has 0 aliphatic carbocycles. The van der Waals surface area contributed by atoms with Gasteiger partial charge in [-0.15, -0.1) is 0 Å². The Hall–Kier alpha value is -2.15. The van der Waals surface area contributed by atoms with E-state index in [1.165, 1.54) is 16.7 Å². The number of nitrogens with zero attached hydrogens (tertiary/aromatic N) is 1. The first kappa shape index (κ1) is 15.2. The molecule has 2 aromatic rings. The van der Waals surface area contributed by atoms with E-state index in [0.717, 1.165) is 24.3 Å². The van der Waals surface area contributed by atoms with Gasteiger partial charge in [-0.1, -0.05) is 74.5 Å². The zero-order valence-electron chi connectivity index (χ0n) is 13.1. The standard InChI is InChI=1S/C20H23N/c1-4-17(5-2)20(19-14-10-7-11-15-19)21-16(3)18-12-8-6-9-13-18/h6-15H,4-5H2,1-3H3. The molecule has 0 unspecified atom stereocenters. The Morgan fingerprint density at radius 1 is 0.762 bits per heavy atom. The third-order valence-electron chi connectivity index (χ3n) is 3.71. The normalized spacial score (nSPS) is 11.3. The van der Waals surface area contributed by atoms with Gasteiger partial charge in [0, 0.05) is 11.3 Å². The van der Waals surface area contributed by atoms with Gasteiger partial charge in [-0.25, -0.2) is 0 Å². The Bertz CT molecular complexity index is 615. The molecule has 0 atom stereocenters. The molecule has 0 bridgehead atoms. The van der Waals surface area contributed by atoms with E-state index in [1.54, 1.807) is 0 Å². The second-order valence-electron chi connectivity index (χ2n) is 5.09. The highest BCUT2D eigenvalue weighted by atomic mass is 14.8. The number of hydrogen-bond donors (Lipinski definition) is 0. The summed E-state index contributed by atoms with van der Waals surface area (Å²) in [5.74, 6) is 0. The summed E-state index contributed by atoms with van der Waals surface area (Å²) in [4.78, 5) is 4.96. The number of hydrogen-bond acceptors (Lipinski definition) is 1. The summed E-state index contributed by atoms with van der Waals surface area (Å²) < 4.78 is 0. The molecule has 2 rings (SSSR count). The molecule has 0 N–H and O–H groups in total. The van der Waals surface area contributed by atoms with Gasteiger partial charge in [0.25, 0.3) is 0 Å². The summed E-state index contributed by atoms with van der Waals surface area (Å²) >= 11 is 0. The van der Waals surface area contributed by atoms with E-state index in [9.17, 15) is 0 Å². The molecule has 0 amide bonds. The van der Waals surface area contributed by atoms with Gasteiger partial charge < -0.3 is 0 Å². The van der Waals surface area contributed by atoms with Crippen molar-refractivity contribution in [3.63, 3.8) is 0 Å². The molecule has 0 radical (unpaired) electrons. The van der Waals surface area contributed by atoms with Crippen LogP contribution in [0.1, 0.15) is 44.7 Å². The van der Waals surface area contributed by atoms with Gasteiger partial charge in [-0.05, 0) is 30.9 Å². The molecule has 0 aliphatic rings. The first-order valence-corrected chi connectivity index (χ1v) is 7.64. The fourth-order valence-corrected chi connectivity index (χ4v) is 2.44. The zero-order chi connectivity index (χ0) is 15.1. The van der Waals surface area contributed by atoms with Crippen LogP contribution in [0.5, 0.6) is 0 Å². The van der Waals surface area contributed by atoms with Gasteiger partial charge in [0.15, 0.2) is 0 Å². The molecule has 1 nitrogen and oxygen atoms in total. The topological polar surface area (TPSA) is 12.4 Å². The minimum Gasteiger partial charge on any atom is -0.253 e. The third-order valence-corrected chi connectivity index (χ3v) is 3.71. The van der Waals surface area contributed by atoms with Crippen LogP contribution in [0.2, 0.25) is 0 Å². The Kier molecular flexibility index (Phi) is 5.51. The van der Waals surface area contributed by atoms with Crippen molar-refractivity contribution in [2.24, 2.45) is 4.99 Å². The first-order valence-electron chi connectivity index (χ1n) is 7.64. The van der Waals surface area contributed by atoms with Crippen molar-refractivity contribution in [2.45, 2.75) is 33.6 Å². The van der Waals surface area contributed by atoms with Crippen LogP contribution in [0.25, 0.3) is 5.70 Å². The van der Waals surface area contributed by atoms with Gasteiger partial charge in [0.1, 0.15) is 0 Å². The molecular formula is C20H23N. The van der Waals surface area contributed by atoms with E-state index >= 15 is 0 Å². The van der Waals surface area contributed by atoms with Crippen LogP contribution in [0, 0.1) is 0 Å². The van der Waals surface area contributed by atoms with Crippen LogP contribution in [-0.4, -0.2) is 5.71 Å². The molecule has 1 heteroatoms. The van der Waals surface area contributed by atoms with Crippen LogP contribution >= 0.6 is 0 Å². The largest absolute Gasteiger partial charge is 0.253 e. The number of allylic oxidation sites excluding steroid dienone is 1. The second-order valence-corrected chi connectivity index (χ2v) is 5.09. The molecule has 2 aromatic carbocycles. The highest BCUT2D eigenvalue weighted by Crippen LogP contribution is 2.25. The van der Waals surface area contributed by atoms with Crippen molar-refractivity contribution < 1.29 is 0 Å². The predicted octanol–water partition coefficient (Wildman–Crippen LogP) is 5.73. The number of aliphatic imine (C=N–C) groups is 1. The molecule has 0 fully saturated rings. The summed E-state index contributed by atoms with van der Waals surface area (Å²) in [5, 5.41) is 0. The average Bonchev–Trinajstić information content (AvgIpc) is 2.56. The Balaban J connectivity index is 2.50. The average molecular weight is 277 g/mol.